The Hall–Kier alpha value is -1.69. The molecule has 1 aromatic carbocycles. The summed E-state index contributed by atoms with van der Waals surface area (Å²) >= 11 is 3.54. The fourth-order valence-corrected chi connectivity index (χ4v) is 2.65. The number of hydrogen-bond acceptors (Lipinski definition) is 3. The van der Waals surface area contributed by atoms with E-state index in [0.717, 1.165) is 35.1 Å². The summed E-state index contributed by atoms with van der Waals surface area (Å²) in [6, 6.07) is 8.29. The molecular weight excluding hydrogens is 332 g/mol. The molecule has 0 saturated heterocycles. The summed E-state index contributed by atoms with van der Waals surface area (Å²) in [6.07, 6.45) is 2.86. The quantitative estimate of drug-likeness (QED) is 0.903. The van der Waals surface area contributed by atoms with Crippen LogP contribution in [0.2, 0.25) is 0 Å². The first-order valence-electron chi connectivity index (χ1n) is 7.14. The monoisotopic (exact) mass is 348 g/mol. The predicted molar refractivity (Wildman–Crippen MR) is 82.8 cm³/mol. The van der Waals surface area contributed by atoms with Crippen LogP contribution < -0.4 is 0 Å². The summed E-state index contributed by atoms with van der Waals surface area (Å²) in [5, 5.41) is 6.85. The normalized spacial score (nSPS) is 14.2. The lowest BCUT2D eigenvalue weighted by Gasteiger charge is -2.21. The van der Waals surface area contributed by atoms with Crippen LogP contribution in [0.5, 0.6) is 0 Å². The van der Waals surface area contributed by atoms with E-state index in [2.05, 4.69) is 31.1 Å². The number of nitrogens with one attached hydrogen (secondary N) is 1. The fourth-order valence-electron chi connectivity index (χ4n) is 2.24. The van der Waals surface area contributed by atoms with Crippen LogP contribution in [0.3, 0.4) is 0 Å². The number of amides is 1. The van der Waals surface area contributed by atoms with Gasteiger partial charge in [-0.05, 0) is 24.5 Å². The van der Waals surface area contributed by atoms with E-state index in [1.165, 1.54) is 0 Å². The third-order valence-electron chi connectivity index (χ3n) is 3.60. The van der Waals surface area contributed by atoms with E-state index in [1.807, 2.05) is 36.1 Å². The maximum atomic E-state index is 12.6. The number of aromatic amines is 1. The summed E-state index contributed by atoms with van der Waals surface area (Å²) in [5.74, 6) is 0.921. The first-order chi connectivity index (χ1) is 10.2. The molecule has 0 atom stereocenters. The molecule has 110 valence electrons. The zero-order valence-corrected chi connectivity index (χ0v) is 13.4. The Labute approximate surface area is 131 Å². The molecule has 1 fully saturated rings. The number of carbonyl (C=O) groups is 1. The maximum absolute atomic E-state index is 12.6. The van der Waals surface area contributed by atoms with Gasteiger partial charge in [0.05, 0.1) is 0 Å². The molecule has 0 spiro atoms. The minimum Gasteiger partial charge on any atom is -0.329 e. The minimum atomic E-state index is -0.0933. The summed E-state index contributed by atoms with van der Waals surface area (Å²) in [5.41, 5.74) is 1.10. The van der Waals surface area contributed by atoms with Crippen LogP contribution in [0, 0.1) is 0 Å². The molecule has 1 amide bonds. The van der Waals surface area contributed by atoms with E-state index in [1.54, 1.807) is 0 Å². The van der Waals surface area contributed by atoms with Crippen LogP contribution in [0.15, 0.2) is 28.7 Å². The van der Waals surface area contributed by atoms with Gasteiger partial charge in [-0.1, -0.05) is 41.1 Å². The van der Waals surface area contributed by atoms with E-state index in [4.69, 9.17) is 0 Å². The number of benzene rings is 1. The lowest BCUT2D eigenvalue weighted by Crippen LogP contribution is -2.33. The molecule has 1 aliphatic carbocycles. The molecule has 1 N–H and O–H groups in total. The highest BCUT2D eigenvalue weighted by molar-refractivity contribution is 9.10. The lowest BCUT2D eigenvalue weighted by molar-refractivity contribution is 0.0717. The minimum absolute atomic E-state index is 0.0933. The molecule has 0 unspecified atom stereocenters. The van der Waals surface area contributed by atoms with Gasteiger partial charge < -0.3 is 4.90 Å². The van der Waals surface area contributed by atoms with Crippen molar-refractivity contribution in [2.45, 2.75) is 38.8 Å². The molecule has 1 heterocycles. The number of hydrogen-bond donors (Lipinski definition) is 1. The molecule has 1 aromatic heterocycles. The number of aromatic nitrogens is 3. The van der Waals surface area contributed by atoms with Crippen LogP contribution >= 0.6 is 15.9 Å². The Balaban J connectivity index is 1.81. The smallest absolute Gasteiger partial charge is 0.294 e. The molecule has 0 radical (unpaired) electrons. The lowest BCUT2D eigenvalue weighted by atomic mass is 10.2. The predicted octanol–water partition coefficient (Wildman–Crippen LogP) is 2.93. The number of nitrogens with zero attached hydrogens (tertiary/aromatic N) is 3. The highest BCUT2D eigenvalue weighted by Crippen LogP contribution is 2.30. The average Bonchev–Trinajstić information content (AvgIpc) is 3.22. The number of aryl methyl sites for hydroxylation is 1. The summed E-state index contributed by atoms with van der Waals surface area (Å²) in [6.45, 7) is 2.56. The second-order valence-electron chi connectivity index (χ2n) is 5.21. The van der Waals surface area contributed by atoms with Gasteiger partial charge in [0.25, 0.3) is 5.91 Å². The van der Waals surface area contributed by atoms with Gasteiger partial charge in [-0.25, -0.2) is 4.98 Å². The summed E-state index contributed by atoms with van der Waals surface area (Å²) < 4.78 is 1.02. The molecule has 1 saturated carbocycles. The maximum Gasteiger partial charge on any atom is 0.294 e. The van der Waals surface area contributed by atoms with Gasteiger partial charge in [0.15, 0.2) is 0 Å². The van der Waals surface area contributed by atoms with Crippen LogP contribution in [0.1, 0.15) is 41.8 Å². The third kappa shape index (κ3) is 3.15. The number of carbonyl (C=O) groups excluding carboxylic acids is 1. The van der Waals surface area contributed by atoms with Gasteiger partial charge in [0, 0.05) is 23.5 Å². The van der Waals surface area contributed by atoms with Gasteiger partial charge in [0.2, 0.25) is 5.82 Å². The molecule has 6 heteroatoms. The molecule has 5 nitrogen and oxygen atoms in total. The van der Waals surface area contributed by atoms with E-state index < -0.39 is 0 Å². The van der Waals surface area contributed by atoms with Gasteiger partial charge in [-0.3, -0.25) is 9.89 Å². The zero-order chi connectivity index (χ0) is 14.8. The van der Waals surface area contributed by atoms with Crippen molar-refractivity contribution in [1.29, 1.82) is 0 Å². The van der Waals surface area contributed by atoms with E-state index in [9.17, 15) is 4.79 Å². The highest BCUT2D eigenvalue weighted by atomic mass is 79.9. The van der Waals surface area contributed by atoms with E-state index in [0.29, 0.717) is 12.6 Å². The van der Waals surface area contributed by atoms with Crippen molar-refractivity contribution < 1.29 is 4.79 Å². The molecule has 2 aromatic rings. The Kier molecular flexibility index (Phi) is 4.05. The van der Waals surface area contributed by atoms with Gasteiger partial charge >= 0.3 is 0 Å². The Morgan fingerprint density at radius 2 is 2.19 bits per heavy atom. The van der Waals surface area contributed by atoms with E-state index in [-0.39, 0.29) is 11.7 Å². The molecule has 1 aliphatic rings. The molecule has 0 aliphatic heterocycles. The van der Waals surface area contributed by atoms with Gasteiger partial charge in [-0.15, -0.1) is 5.10 Å². The Morgan fingerprint density at radius 3 is 2.81 bits per heavy atom. The SMILES string of the molecule is CCc1nc(C(=O)N(Cc2ccccc2Br)C2CC2)n[nH]1. The topological polar surface area (TPSA) is 61.9 Å². The summed E-state index contributed by atoms with van der Waals surface area (Å²) in [7, 11) is 0. The molecule has 21 heavy (non-hydrogen) atoms. The number of rotatable bonds is 5. The zero-order valence-electron chi connectivity index (χ0n) is 11.8. The van der Waals surface area contributed by atoms with Gasteiger partial charge in [-0.2, -0.15) is 0 Å². The second kappa shape index (κ2) is 5.97. The first kappa shape index (κ1) is 14.3. The Morgan fingerprint density at radius 1 is 1.43 bits per heavy atom. The van der Waals surface area contributed by atoms with Crippen molar-refractivity contribution in [3.05, 3.63) is 46.0 Å². The van der Waals surface area contributed by atoms with Crippen molar-refractivity contribution in [2.75, 3.05) is 0 Å². The van der Waals surface area contributed by atoms with Crippen LogP contribution in [0.25, 0.3) is 0 Å². The number of H-pyrrole nitrogens is 1. The number of halogens is 1. The van der Waals surface area contributed by atoms with Crippen LogP contribution in [-0.2, 0) is 13.0 Å². The first-order valence-corrected chi connectivity index (χ1v) is 7.94. The second-order valence-corrected chi connectivity index (χ2v) is 6.07. The standard InChI is InChI=1S/C15H17BrN4O/c1-2-13-17-14(19-18-13)15(21)20(11-7-8-11)9-10-5-3-4-6-12(10)16/h3-6,11H,2,7-9H2,1H3,(H,17,18,19). The third-order valence-corrected chi connectivity index (χ3v) is 4.38. The Bertz CT molecular complexity index is 651. The fraction of sp³-hybridized carbons (Fsp3) is 0.400. The molecule has 3 rings (SSSR count). The molecular formula is C15H17BrN4O. The van der Waals surface area contributed by atoms with Crippen molar-refractivity contribution >= 4 is 21.8 Å². The van der Waals surface area contributed by atoms with Crippen molar-refractivity contribution in [2.24, 2.45) is 0 Å². The van der Waals surface area contributed by atoms with Crippen molar-refractivity contribution in [3.8, 4) is 0 Å². The average molecular weight is 349 g/mol. The highest BCUT2D eigenvalue weighted by Gasteiger charge is 2.34. The van der Waals surface area contributed by atoms with Crippen molar-refractivity contribution in [3.63, 3.8) is 0 Å². The van der Waals surface area contributed by atoms with Crippen LogP contribution in [0.4, 0.5) is 0 Å². The summed E-state index contributed by atoms with van der Waals surface area (Å²) in [4.78, 5) is 18.8. The van der Waals surface area contributed by atoms with Gasteiger partial charge in [0.1, 0.15) is 5.82 Å². The largest absolute Gasteiger partial charge is 0.329 e. The van der Waals surface area contributed by atoms with Crippen LogP contribution in [-0.4, -0.2) is 32.0 Å². The van der Waals surface area contributed by atoms with E-state index >= 15 is 0 Å². The van der Waals surface area contributed by atoms with Crippen molar-refractivity contribution in [1.82, 2.24) is 20.1 Å². The molecule has 0 bridgehead atoms.